The fraction of sp³-hybridized carbons (Fsp3) is 0.609. The first-order valence-electron chi connectivity index (χ1n) is 11.4. The molecule has 1 spiro atoms. The highest BCUT2D eigenvalue weighted by atomic mass is 35.5. The molecule has 31 heavy (non-hydrogen) atoms. The van der Waals surface area contributed by atoms with Crippen molar-refractivity contribution in [3.05, 3.63) is 39.7 Å². The maximum atomic E-state index is 12.6. The maximum Gasteiger partial charge on any atom is 0.223 e. The number of halogens is 1. The van der Waals surface area contributed by atoms with Crippen molar-refractivity contribution < 1.29 is 9.53 Å². The lowest BCUT2D eigenvalue weighted by atomic mass is 9.92. The molecule has 0 aromatic heterocycles. The van der Waals surface area contributed by atoms with Gasteiger partial charge in [-0.25, -0.2) is 5.84 Å². The molecule has 2 saturated heterocycles. The van der Waals surface area contributed by atoms with E-state index in [1.807, 2.05) is 17.0 Å². The van der Waals surface area contributed by atoms with Crippen LogP contribution in [0.2, 0.25) is 5.02 Å². The number of benzene rings is 1. The molecule has 5 rings (SSSR count). The molecule has 1 aliphatic carbocycles. The Morgan fingerprint density at radius 2 is 2.13 bits per heavy atom. The van der Waals surface area contributed by atoms with Gasteiger partial charge in [0.2, 0.25) is 5.91 Å². The van der Waals surface area contributed by atoms with Crippen molar-refractivity contribution in [3.8, 4) is 5.75 Å². The van der Waals surface area contributed by atoms with E-state index in [4.69, 9.17) is 27.9 Å². The number of allylic oxidation sites excluding steroid dienone is 1. The molecule has 3 aliphatic heterocycles. The quantitative estimate of drug-likeness (QED) is 0.602. The average Bonchev–Trinajstić information content (AvgIpc) is 3.44. The van der Waals surface area contributed by atoms with Crippen molar-refractivity contribution in [2.75, 3.05) is 32.8 Å². The van der Waals surface area contributed by atoms with Crippen molar-refractivity contribution in [2.45, 2.75) is 51.0 Å². The molecule has 0 bridgehead atoms. The Morgan fingerprint density at radius 3 is 2.87 bits per heavy atom. The van der Waals surface area contributed by atoms with E-state index in [1.54, 1.807) is 5.01 Å². The summed E-state index contributed by atoms with van der Waals surface area (Å²) in [5.74, 6) is 7.16. The Bertz CT molecular complexity index is 913. The van der Waals surface area contributed by atoms with Crippen molar-refractivity contribution in [1.82, 2.24) is 15.2 Å². The lowest BCUT2D eigenvalue weighted by Crippen LogP contribution is -2.40. The zero-order valence-electron chi connectivity index (χ0n) is 18.0. The molecule has 3 heterocycles. The van der Waals surface area contributed by atoms with Gasteiger partial charge in [0.15, 0.2) is 0 Å². The Morgan fingerprint density at radius 1 is 1.29 bits per heavy atom. The van der Waals surface area contributed by atoms with Crippen LogP contribution in [0.15, 0.2) is 23.5 Å². The minimum absolute atomic E-state index is 0.00450. The number of hydrogen-bond acceptors (Lipinski definition) is 6. The minimum atomic E-state index is 0.00450. The Balaban J connectivity index is 1.37. The Hall–Kier alpha value is -1.96. The van der Waals surface area contributed by atoms with E-state index in [-0.39, 0.29) is 24.0 Å². The van der Waals surface area contributed by atoms with Crippen LogP contribution < -0.4 is 21.6 Å². The van der Waals surface area contributed by atoms with Crippen LogP contribution in [-0.2, 0) is 11.2 Å². The van der Waals surface area contributed by atoms with Gasteiger partial charge in [-0.3, -0.25) is 4.79 Å². The predicted octanol–water partition coefficient (Wildman–Crippen LogP) is 2.45. The monoisotopic (exact) mass is 445 g/mol. The second-order valence-corrected chi connectivity index (χ2v) is 9.96. The first-order chi connectivity index (χ1) is 15.0. The minimum Gasteiger partial charge on any atom is -0.487 e. The number of likely N-dealkylation sites (tertiary alicyclic amines) is 1. The number of hydrazine groups is 1. The summed E-state index contributed by atoms with van der Waals surface area (Å²) in [5.41, 5.74) is 10.4. The summed E-state index contributed by atoms with van der Waals surface area (Å²) in [7, 11) is 0. The first-order valence-corrected chi connectivity index (χ1v) is 11.8. The second-order valence-electron chi connectivity index (χ2n) is 9.56. The Labute approximate surface area is 188 Å². The zero-order chi connectivity index (χ0) is 21.6. The van der Waals surface area contributed by atoms with E-state index in [9.17, 15) is 4.79 Å². The van der Waals surface area contributed by atoms with Gasteiger partial charge in [0.05, 0.1) is 17.4 Å². The Kier molecular flexibility index (Phi) is 5.52. The van der Waals surface area contributed by atoms with Gasteiger partial charge in [-0.05, 0) is 68.2 Å². The molecule has 0 unspecified atom stereocenters. The molecule has 1 aromatic rings. The number of nitrogens with two attached hydrogens (primary N) is 2. The van der Waals surface area contributed by atoms with Crippen LogP contribution in [0, 0.1) is 5.41 Å². The number of rotatable bonds is 5. The molecule has 3 fully saturated rings. The number of carbonyl (C=O) groups is 1. The summed E-state index contributed by atoms with van der Waals surface area (Å²) < 4.78 is 6.23. The number of nitrogens with one attached hydrogen (secondary N) is 1. The summed E-state index contributed by atoms with van der Waals surface area (Å²) in [6.45, 7) is 3.47. The third-order valence-corrected chi connectivity index (χ3v) is 7.66. The van der Waals surface area contributed by atoms with Gasteiger partial charge in [0, 0.05) is 36.6 Å². The third kappa shape index (κ3) is 4.11. The fourth-order valence-electron chi connectivity index (χ4n) is 5.32. The summed E-state index contributed by atoms with van der Waals surface area (Å²) in [4.78, 5) is 14.6. The predicted molar refractivity (Wildman–Crippen MR) is 120 cm³/mol. The second kappa shape index (κ2) is 8.19. The zero-order valence-corrected chi connectivity index (χ0v) is 18.7. The number of ether oxygens (including phenoxy) is 1. The molecular weight excluding hydrogens is 414 g/mol. The number of piperidine rings is 1. The smallest absolute Gasteiger partial charge is 0.223 e. The molecule has 168 valence electrons. The van der Waals surface area contributed by atoms with Gasteiger partial charge in [-0.2, -0.15) is 0 Å². The largest absolute Gasteiger partial charge is 0.487 e. The lowest BCUT2D eigenvalue weighted by Gasteiger charge is -2.33. The third-order valence-electron chi connectivity index (χ3n) is 7.30. The first kappa shape index (κ1) is 20.9. The fourth-order valence-corrected chi connectivity index (χ4v) is 5.58. The number of fused-ring (bicyclic) bond motifs is 1. The summed E-state index contributed by atoms with van der Waals surface area (Å²) in [5, 5.41) is 6.10. The van der Waals surface area contributed by atoms with E-state index in [2.05, 4.69) is 5.32 Å². The van der Waals surface area contributed by atoms with Crippen LogP contribution in [-0.4, -0.2) is 48.6 Å². The normalized spacial score (nSPS) is 26.3. The molecule has 1 amide bonds. The number of nitrogens with zero attached hydrogens (tertiary/aromatic N) is 2. The molecule has 0 radical (unpaired) electrons. The van der Waals surface area contributed by atoms with E-state index in [0.717, 1.165) is 72.9 Å². The van der Waals surface area contributed by atoms with Gasteiger partial charge in [0.1, 0.15) is 12.4 Å². The van der Waals surface area contributed by atoms with Crippen LogP contribution in [0.1, 0.15) is 55.7 Å². The molecule has 7 nitrogen and oxygen atoms in total. The van der Waals surface area contributed by atoms with Crippen LogP contribution in [0.25, 0.3) is 0 Å². The van der Waals surface area contributed by atoms with Crippen molar-refractivity contribution in [1.29, 1.82) is 0 Å². The van der Waals surface area contributed by atoms with Gasteiger partial charge >= 0.3 is 0 Å². The highest BCUT2D eigenvalue weighted by Crippen LogP contribution is 2.53. The van der Waals surface area contributed by atoms with E-state index in [0.29, 0.717) is 18.7 Å². The summed E-state index contributed by atoms with van der Waals surface area (Å²) in [6, 6.07) is 3.83. The van der Waals surface area contributed by atoms with Crippen molar-refractivity contribution in [3.63, 3.8) is 0 Å². The number of amides is 1. The standard InChI is InChI=1S/C23H32ClN5O2/c24-16-4-5-20(31-13-17(25)19-3-1-2-10-29(19)26)22-15(16)6-9-27-18(22)12-28-14-23(7-8-23)11-21(28)30/h4-5,18,27H,1-3,6-14,25-26H2/b19-17-/t18-/m1/s1. The van der Waals surface area contributed by atoms with Gasteiger partial charge in [-0.15, -0.1) is 0 Å². The number of hydrogen-bond donors (Lipinski definition) is 3. The molecule has 1 aromatic carbocycles. The van der Waals surface area contributed by atoms with Crippen LogP contribution in [0.4, 0.5) is 0 Å². The molecule has 8 heteroatoms. The van der Waals surface area contributed by atoms with E-state index in [1.165, 1.54) is 12.8 Å². The van der Waals surface area contributed by atoms with Crippen molar-refractivity contribution >= 4 is 17.5 Å². The molecule has 1 saturated carbocycles. The molecule has 4 aliphatic rings. The molecule has 1 atom stereocenters. The lowest BCUT2D eigenvalue weighted by molar-refractivity contribution is -0.128. The van der Waals surface area contributed by atoms with E-state index < -0.39 is 0 Å². The van der Waals surface area contributed by atoms with Crippen LogP contribution >= 0.6 is 11.6 Å². The van der Waals surface area contributed by atoms with Gasteiger partial charge in [0.25, 0.3) is 0 Å². The highest BCUT2D eigenvalue weighted by Gasteiger charge is 2.52. The highest BCUT2D eigenvalue weighted by molar-refractivity contribution is 6.31. The number of carbonyl (C=O) groups excluding carboxylic acids is 1. The van der Waals surface area contributed by atoms with E-state index >= 15 is 0 Å². The summed E-state index contributed by atoms with van der Waals surface area (Å²) >= 11 is 6.56. The molecular formula is C23H32ClN5O2. The topological polar surface area (TPSA) is 96.8 Å². The average molecular weight is 446 g/mol. The molecule has 5 N–H and O–H groups in total. The van der Waals surface area contributed by atoms with Crippen molar-refractivity contribution in [2.24, 2.45) is 17.0 Å². The SMILES string of the molecule is N/C(COc1ccc(Cl)c2c1[C@@H](CN1CC3(CC3)CC1=O)NCC2)=C1/CCCCN1N. The maximum absolute atomic E-state index is 12.6. The van der Waals surface area contributed by atoms with Crippen LogP contribution in [0.3, 0.4) is 0 Å². The van der Waals surface area contributed by atoms with Gasteiger partial charge < -0.3 is 25.7 Å². The summed E-state index contributed by atoms with van der Waals surface area (Å²) in [6.07, 6.45) is 6.96. The van der Waals surface area contributed by atoms with Crippen LogP contribution in [0.5, 0.6) is 5.75 Å². The van der Waals surface area contributed by atoms with Gasteiger partial charge in [-0.1, -0.05) is 11.6 Å².